The second kappa shape index (κ2) is 7.25. The van der Waals surface area contributed by atoms with Crippen LogP contribution in [0.1, 0.15) is 18.1 Å². The minimum absolute atomic E-state index is 1.04. The zero-order valence-corrected chi connectivity index (χ0v) is 14.5. The van der Waals surface area contributed by atoms with E-state index in [0.29, 0.717) is 0 Å². The molecular weight excluding hydrogens is 292 g/mol. The zero-order chi connectivity index (χ0) is 16.1. The normalized spacial score (nSPS) is 10.7. The van der Waals surface area contributed by atoms with Gasteiger partial charge in [0.25, 0.3) is 0 Å². The molecular formula is C22H21Si. The minimum Gasteiger partial charge on any atom is -0.0986 e. The molecule has 0 amide bonds. The first-order valence-electron chi connectivity index (χ1n) is 8.06. The Morgan fingerprint density at radius 1 is 0.739 bits per heavy atom. The van der Waals surface area contributed by atoms with Crippen molar-refractivity contribution in [2.45, 2.75) is 13.3 Å². The van der Waals surface area contributed by atoms with Gasteiger partial charge >= 0.3 is 0 Å². The van der Waals surface area contributed by atoms with E-state index in [9.17, 15) is 0 Å². The molecule has 0 nitrogen and oxygen atoms in total. The summed E-state index contributed by atoms with van der Waals surface area (Å²) in [5.41, 5.74) is 2.62. The van der Waals surface area contributed by atoms with Gasteiger partial charge in [0, 0.05) is 0 Å². The van der Waals surface area contributed by atoms with Crippen LogP contribution in [0.25, 0.3) is 5.20 Å². The standard InChI is InChI=1S/C22H21Si/c1-3-19-14-16-20(17-15-19)18(2)23(21-10-6-4-7-11-21)22-12-8-5-9-13-22/h4-17H,2-3H2,1H3. The largest absolute Gasteiger partial charge is 0.154 e. The summed E-state index contributed by atoms with van der Waals surface area (Å²) in [4.78, 5) is 0. The molecule has 0 atom stereocenters. The van der Waals surface area contributed by atoms with Crippen molar-refractivity contribution in [1.82, 2.24) is 0 Å². The van der Waals surface area contributed by atoms with Crippen molar-refractivity contribution in [2.75, 3.05) is 0 Å². The zero-order valence-electron chi connectivity index (χ0n) is 13.5. The van der Waals surface area contributed by atoms with Crippen molar-refractivity contribution in [2.24, 2.45) is 0 Å². The maximum atomic E-state index is 4.48. The van der Waals surface area contributed by atoms with Crippen molar-refractivity contribution in [1.29, 1.82) is 0 Å². The molecule has 0 fully saturated rings. The highest BCUT2D eigenvalue weighted by atomic mass is 28.3. The summed E-state index contributed by atoms with van der Waals surface area (Å²) < 4.78 is 0. The Labute approximate surface area is 140 Å². The monoisotopic (exact) mass is 313 g/mol. The molecule has 0 aliphatic carbocycles. The highest BCUT2D eigenvalue weighted by Gasteiger charge is 2.21. The fourth-order valence-corrected chi connectivity index (χ4v) is 5.35. The third kappa shape index (κ3) is 3.52. The summed E-state index contributed by atoms with van der Waals surface area (Å²) in [6.45, 7) is 6.67. The highest BCUT2D eigenvalue weighted by Crippen LogP contribution is 2.17. The van der Waals surface area contributed by atoms with E-state index < -0.39 is 8.80 Å². The predicted octanol–water partition coefficient (Wildman–Crippen LogP) is 4.11. The van der Waals surface area contributed by atoms with Gasteiger partial charge in [-0.25, -0.2) is 0 Å². The second-order valence-corrected chi connectivity index (χ2v) is 8.14. The van der Waals surface area contributed by atoms with E-state index in [1.54, 1.807) is 0 Å². The summed E-state index contributed by atoms with van der Waals surface area (Å²) in [5, 5.41) is 4.01. The van der Waals surface area contributed by atoms with E-state index in [1.807, 2.05) is 0 Å². The predicted molar refractivity (Wildman–Crippen MR) is 103 cm³/mol. The lowest BCUT2D eigenvalue weighted by atomic mass is 10.1. The van der Waals surface area contributed by atoms with Gasteiger partial charge in [0.05, 0.1) is 0 Å². The molecule has 0 aromatic heterocycles. The van der Waals surface area contributed by atoms with Crippen molar-refractivity contribution < 1.29 is 0 Å². The molecule has 1 heteroatoms. The lowest BCUT2D eigenvalue weighted by molar-refractivity contribution is 1.14. The first kappa shape index (κ1) is 15.5. The van der Waals surface area contributed by atoms with Crippen LogP contribution in [0.5, 0.6) is 0 Å². The van der Waals surface area contributed by atoms with Gasteiger partial charge in [0.15, 0.2) is 8.80 Å². The van der Waals surface area contributed by atoms with Crippen LogP contribution in [0.3, 0.4) is 0 Å². The van der Waals surface area contributed by atoms with E-state index >= 15 is 0 Å². The van der Waals surface area contributed by atoms with Crippen LogP contribution >= 0.6 is 0 Å². The number of rotatable bonds is 5. The molecule has 3 rings (SSSR count). The number of hydrogen-bond donors (Lipinski definition) is 0. The van der Waals surface area contributed by atoms with Crippen LogP contribution < -0.4 is 10.4 Å². The average Bonchev–Trinajstić information content (AvgIpc) is 2.64. The minimum atomic E-state index is -1.04. The van der Waals surface area contributed by atoms with Gasteiger partial charge in [-0.3, -0.25) is 0 Å². The lowest BCUT2D eigenvalue weighted by Crippen LogP contribution is -2.43. The van der Waals surface area contributed by atoms with Gasteiger partial charge in [-0.05, 0) is 17.5 Å². The molecule has 0 saturated heterocycles. The van der Waals surface area contributed by atoms with Crippen molar-refractivity contribution in [3.63, 3.8) is 0 Å². The molecule has 0 aliphatic heterocycles. The quantitative estimate of drug-likeness (QED) is 0.622. The van der Waals surface area contributed by atoms with Gasteiger partial charge in [0.2, 0.25) is 0 Å². The molecule has 0 bridgehead atoms. The molecule has 0 heterocycles. The average molecular weight is 313 g/mol. The molecule has 0 aliphatic rings. The van der Waals surface area contributed by atoms with Gasteiger partial charge in [-0.15, -0.1) is 0 Å². The van der Waals surface area contributed by atoms with Gasteiger partial charge in [-0.2, -0.15) is 0 Å². The topological polar surface area (TPSA) is 0 Å². The molecule has 3 aromatic rings. The molecule has 1 radical (unpaired) electrons. The Morgan fingerprint density at radius 3 is 1.65 bits per heavy atom. The van der Waals surface area contributed by atoms with Crippen molar-refractivity contribution >= 4 is 24.4 Å². The Balaban J connectivity index is 2.02. The number of hydrogen-bond acceptors (Lipinski definition) is 0. The van der Waals surface area contributed by atoms with Gasteiger partial charge < -0.3 is 0 Å². The summed E-state index contributed by atoms with van der Waals surface area (Å²) in [6.07, 6.45) is 1.07. The number of aryl methyl sites for hydroxylation is 1. The first-order valence-corrected chi connectivity index (χ1v) is 9.56. The SMILES string of the molecule is C=C(c1ccc(CC)cc1)[Si](c1ccccc1)c1ccccc1. The van der Waals surface area contributed by atoms with Crippen molar-refractivity contribution in [3.8, 4) is 0 Å². The van der Waals surface area contributed by atoms with Crippen LogP contribution in [-0.2, 0) is 6.42 Å². The maximum Gasteiger partial charge on any atom is 0.154 e. The molecule has 113 valence electrons. The smallest absolute Gasteiger partial charge is 0.0986 e. The Kier molecular flexibility index (Phi) is 4.89. The molecule has 23 heavy (non-hydrogen) atoms. The fraction of sp³-hybridized carbons (Fsp3) is 0.0909. The van der Waals surface area contributed by atoms with Crippen molar-refractivity contribution in [3.05, 3.63) is 103 Å². The molecule has 0 saturated carbocycles. The summed E-state index contributed by atoms with van der Waals surface area (Å²) in [7, 11) is -1.04. The Morgan fingerprint density at radius 2 is 1.22 bits per heavy atom. The molecule has 0 spiro atoms. The Hall–Kier alpha value is -2.38. The van der Waals surface area contributed by atoms with Crippen LogP contribution in [0.4, 0.5) is 0 Å². The first-order chi connectivity index (χ1) is 11.3. The van der Waals surface area contributed by atoms with Crippen LogP contribution in [-0.4, -0.2) is 8.80 Å². The summed E-state index contributed by atoms with van der Waals surface area (Å²) in [5.74, 6) is 0. The fourth-order valence-electron chi connectivity index (χ4n) is 2.81. The van der Waals surface area contributed by atoms with E-state index in [4.69, 9.17) is 0 Å². The van der Waals surface area contributed by atoms with Crippen LogP contribution in [0.2, 0.25) is 0 Å². The van der Waals surface area contributed by atoms with E-state index in [1.165, 1.54) is 26.7 Å². The van der Waals surface area contributed by atoms with E-state index in [2.05, 4.69) is 98.4 Å². The number of benzene rings is 3. The van der Waals surface area contributed by atoms with E-state index in [-0.39, 0.29) is 0 Å². The summed E-state index contributed by atoms with van der Waals surface area (Å²) >= 11 is 0. The van der Waals surface area contributed by atoms with Crippen LogP contribution in [0.15, 0.2) is 91.5 Å². The molecule has 0 unspecified atom stereocenters. The third-order valence-corrected chi connectivity index (χ3v) is 6.85. The lowest BCUT2D eigenvalue weighted by Gasteiger charge is -2.19. The maximum absolute atomic E-state index is 4.48. The van der Waals surface area contributed by atoms with Gasteiger partial charge in [0.1, 0.15) is 0 Å². The molecule has 3 aromatic carbocycles. The molecule has 0 N–H and O–H groups in total. The van der Waals surface area contributed by atoms with Crippen LogP contribution in [0, 0.1) is 0 Å². The second-order valence-electron chi connectivity index (χ2n) is 5.64. The highest BCUT2D eigenvalue weighted by molar-refractivity contribution is 6.99. The Bertz CT molecular complexity index is 719. The van der Waals surface area contributed by atoms with Gasteiger partial charge in [-0.1, -0.05) is 114 Å². The van der Waals surface area contributed by atoms with E-state index in [0.717, 1.165) is 6.42 Å². The summed E-state index contributed by atoms with van der Waals surface area (Å²) in [6, 6.07) is 30.4. The third-order valence-electron chi connectivity index (χ3n) is 4.14.